The van der Waals surface area contributed by atoms with Gasteiger partial charge in [0.1, 0.15) is 5.82 Å². The normalized spacial score (nSPS) is 13.8. The van der Waals surface area contributed by atoms with Crippen LogP contribution in [0, 0.1) is 5.82 Å². The number of ether oxygens (including phenoxy) is 1. The SMILES string of the molecule is COC(=O)c1cc(N)c(C(F)(F)F)cc1C1=CCCc2cc(F)ccc21. The van der Waals surface area contributed by atoms with Crippen LogP contribution in [0.3, 0.4) is 0 Å². The number of nitrogens with two attached hydrogens (primary N) is 1. The van der Waals surface area contributed by atoms with Crippen LogP contribution in [0.1, 0.15) is 39.0 Å². The van der Waals surface area contributed by atoms with Gasteiger partial charge in [0.05, 0.1) is 18.2 Å². The molecule has 0 aromatic heterocycles. The Labute approximate surface area is 147 Å². The summed E-state index contributed by atoms with van der Waals surface area (Å²) in [4.78, 5) is 12.1. The van der Waals surface area contributed by atoms with Crippen LogP contribution in [-0.2, 0) is 17.3 Å². The van der Waals surface area contributed by atoms with Gasteiger partial charge in [-0.15, -0.1) is 0 Å². The molecule has 0 amide bonds. The fourth-order valence-corrected chi connectivity index (χ4v) is 3.13. The smallest absolute Gasteiger partial charge is 0.418 e. The Hall–Kier alpha value is -2.83. The van der Waals surface area contributed by atoms with Gasteiger partial charge in [-0.2, -0.15) is 13.2 Å². The molecule has 0 radical (unpaired) electrons. The van der Waals surface area contributed by atoms with Crippen LogP contribution in [0.5, 0.6) is 0 Å². The second-order valence-electron chi connectivity index (χ2n) is 5.93. The van der Waals surface area contributed by atoms with Crippen molar-refractivity contribution in [2.75, 3.05) is 12.8 Å². The first-order valence-corrected chi connectivity index (χ1v) is 7.80. The molecule has 0 saturated heterocycles. The number of rotatable bonds is 2. The van der Waals surface area contributed by atoms with Crippen LogP contribution in [0.2, 0.25) is 0 Å². The molecule has 0 bridgehead atoms. The lowest BCUT2D eigenvalue weighted by molar-refractivity contribution is -0.136. The van der Waals surface area contributed by atoms with Gasteiger partial charge in [0.15, 0.2) is 0 Å². The van der Waals surface area contributed by atoms with Crippen LogP contribution < -0.4 is 5.73 Å². The number of carbonyl (C=O) groups is 1. The molecule has 0 fully saturated rings. The first-order chi connectivity index (χ1) is 12.2. The Kier molecular flexibility index (Phi) is 4.48. The highest BCUT2D eigenvalue weighted by Gasteiger charge is 2.35. The molecule has 1 aliphatic rings. The highest BCUT2D eigenvalue weighted by Crippen LogP contribution is 2.40. The lowest BCUT2D eigenvalue weighted by atomic mass is 9.84. The van der Waals surface area contributed by atoms with Crippen LogP contribution in [0.25, 0.3) is 5.57 Å². The van der Waals surface area contributed by atoms with Crippen LogP contribution in [-0.4, -0.2) is 13.1 Å². The number of allylic oxidation sites excluding steroid dienone is 1. The molecule has 136 valence electrons. The van der Waals surface area contributed by atoms with Crippen molar-refractivity contribution in [2.24, 2.45) is 0 Å². The number of benzene rings is 2. The fourth-order valence-electron chi connectivity index (χ4n) is 3.13. The van der Waals surface area contributed by atoms with Gasteiger partial charge in [-0.05, 0) is 59.4 Å². The monoisotopic (exact) mass is 365 g/mol. The van der Waals surface area contributed by atoms with Gasteiger partial charge in [0.2, 0.25) is 0 Å². The topological polar surface area (TPSA) is 52.3 Å². The summed E-state index contributed by atoms with van der Waals surface area (Å²) in [6.07, 6.45) is -1.87. The van der Waals surface area contributed by atoms with Crippen molar-refractivity contribution in [3.63, 3.8) is 0 Å². The van der Waals surface area contributed by atoms with Crippen molar-refractivity contribution in [2.45, 2.75) is 19.0 Å². The number of fused-ring (bicyclic) bond motifs is 1. The molecule has 0 spiro atoms. The number of alkyl halides is 3. The van der Waals surface area contributed by atoms with E-state index in [0.717, 1.165) is 19.2 Å². The number of nitrogen functional groups attached to an aromatic ring is 1. The number of esters is 1. The summed E-state index contributed by atoms with van der Waals surface area (Å²) in [5.41, 5.74) is 5.60. The van der Waals surface area contributed by atoms with Crippen molar-refractivity contribution in [3.8, 4) is 0 Å². The van der Waals surface area contributed by atoms with E-state index < -0.39 is 29.2 Å². The Bertz CT molecular complexity index is 916. The number of halogens is 4. The summed E-state index contributed by atoms with van der Waals surface area (Å²) in [5.74, 6) is -1.22. The highest BCUT2D eigenvalue weighted by atomic mass is 19.4. The van der Waals surface area contributed by atoms with Crippen LogP contribution in [0.15, 0.2) is 36.4 Å². The quantitative estimate of drug-likeness (QED) is 0.481. The summed E-state index contributed by atoms with van der Waals surface area (Å²) in [6.45, 7) is 0. The van der Waals surface area contributed by atoms with Crippen LogP contribution >= 0.6 is 0 Å². The molecular weight excluding hydrogens is 350 g/mol. The van der Waals surface area contributed by atoms with Gasteiger partial charge >= 0.3 is 12.1 Å². The number of aryl methyl sites for hydroxylation is 1. The molecule has 2 aromatic carbocycles. The second kappa shape index (κ2) is 6.48. The Morgan fingerprint density at radius 2 is 1.88 bits per heavy atom. The molecule has 0 atom stereocenters. The molecule has 2 aromatic rings. The predicted molar refractivity (Wildman–Crippen MR) is 89.0 cm³/mol. The maximum atomic E-state index is 13.5. The van der Waals surface area contributed by atoms with E-state index in [4.69, 9.17) is 10.5 Å². The van der Waals surface area contributed by atoms with Gasteiger partial charge in [-0.1, -0.05) is 12.1 Å². The largest absolute Gasteiger partial charge is 0.465 e. The zero-order valence-corrected chi connectivity index (χ0v) is 13.8. The maximum Gasteiger partial charge on any atom is 0.418 e. The maximum absolute atomic E-state index is 13.5. The third-order valence-electron chi connectivity index (χ3n) is 4.31. The van der Waals surface area contributed by atoms with Crippen molar-refractivity contribution >= 4 is 17.2 Å². The number of hydrogen-bond acceptors (Lipinski definition) is 3. The molecule has 26 heavy (non-hydrogen) atoms. The van der Waals surface area contributed by atoms with E-state index in [1.165, 1.54) is 18.2 Å². The zero-order valence-electron chi connectivity index (χ0n) is 13.8. The average Bonchev–Trinajstić information content (AvgIpc) is 2.59. The minimum Gasteiger partial charge on any atom is -0.465 e. The van der Waals surface area contributed by atoms with Crippen molar-refractivity contribution in [1.82, 2.24) is 0 Å². The summed E-state index contributed by atoms with van der Waals surface area (Å²) < 4.78 is 58.1. The molecule has 0 heterocycles. The van der Waals surface area contributed by atoms with E-state index in [0.29, 0.717) is 29.5 Å². The molecule has 2 N–H and O–H groups in total. The number of hydrogen-bond donors (Lipinski definition) is 1. The van der Waals surface area contributed by atoms with Crippen molar-refractivity contribution in [3.05, 3.63) is 70.0 Å². The summed E-state index contributed by atoms with van der Waals surface area (Å²) >= 11 is 0. The third-order valence-corrected chi connectivity index (χ3v) is 4.31. The number of methoxy groups -OCH3 is 1. The Morgan fingerprint density at radius 3 is 2.54 bits per heavy atom. The summed E-state index contributed by atoms with van der Waals surface area (Å²) in [5, 5.41) is 0. The lowest BCUT2D eigenvalue weighted by Crippen LogP contribution is -2.15. The number of carbonyl (C=O) groups excluding carboxylic acids is 1. The van der Waals surface area contributed by atoms with E-state index in [9.17, 15) is 22.4 Å². The molecule has 0 aliphatic heterocycles. The van der Waals surface area contributed by atoms with Gasteiger partial charge in [-0.25, -0.2) is 9.18 Å². The Morgan fingerprint density at radius 1 is 1.15 bits per heavy atom. The molecule has 3 nitrogen and oxygen atoms in total. The first-order valence-electron chi connectivity index (χ1n) is 7.80. The zero-order chi connectivity index (χ0) is 19.1. The molecule has 0 saturated carbocycles. The van der Waals surface area contributed by atoms with E-state index in [-0.39, 0.29) is 11.1 Å². The second-order valence-corrected chi connectivity index (χ2v) is 5.93. The average molecular weight is 365 g/mol. The van der Waals surface area contributed by atoms with Gasteiger partial charge in [0, 0.05) is 5.69 Å². The molecule has 0 unspecified atom stereocenters. The minimum absolute atomic E-state index is 0.0610. The van der Waals surface area contributed by atoms with E-state index in [2.05, 4.69) is 0 Å². The van der Waals surface area contributed by atoms with Crippen LogP contribution in [0.4, 0.5) is 23.2 Å². The third kappa shape index (κ3) is 3.16. The lowest BCUT2D eigenvalue weighted by Gasteiger charge is -2.22. The predicted octanol–water partition coefficient (Wildman–Crippen LogP) is 4.59. The van der Waals surface area contributed by atoms with Gasteiger partial charge in [-0.3, -0.25) is 0 Å². The highest BCUT2D eigenvalue weighted by molar-refractivity contribution is 5.99. The van der Waals surface area contributed by atoms with Crippen molar-refractivity contribution in [1.29, 1.82) is 0 Å². The molecular formula is C19H15F4NO2. The van der Waals surface area contributed by atoms with Gasteiger partial charge in [0.25, 0.3) is 0 Å². The molecule has 3 rings (SSSR count). The molecule has 1 aliphatic carbocycles. The standard InChI is InChI=1S/C19H15F4NO2/c1-26-18(25)15-9-17(24)16(19(21,22)23)8-14(15)13-4-2-3-10-7-11(20)5-6-12(10)13/h4-9H,2-3,24H2,1H3. The fraction of sp³-hybridized carbons (Fsp3) is 0.211. The van der Waals surface area contributed by atoms with Gasteiger partial charge < -0.3 is 10.5 Å². The summed E-state index contributed by atoms with van der Waals surface area (Å²) in [7, 11) is 1.14. The Balaban J connectivity index is 2.27. The van der Waals surface area contributed by atoms with E-state index >= 15 is 0 Å². The first kappa shape index (κ1) is 18.0. The summed E-state index contributed by atoms with van der Waals surface area (Å²) in [6, 6.07) is 5.91. The van der Waals surface area contributed by atoms with Crippen molar-refractivity contribution < 1.29 is 27.1 Å². The number of anilines is 1. The van der Waals surface area contributed by atoms with E-state index in [1.807, 2.05) is 0 Å². The minimum atomic E-state index is -4.67. The van der Waals surface area contributed by atoms with E-state index in [1.54, 1.807) is 6.08 Å². The molecule has 7 heteroatoms.